The quantitative estimate of drug-likeness (QED) is 0.522. The molecule has 1 aliphatic heterocycles. The lowest BCUT2D eigenvalue weighted by atomic mass is 10.1. The lowest BCUT2D eigenvalue weighted by Crippen LogP contribution is -2.45. The number of hydrogen-bond donors (Lipinski definition) is 1. The van der Waals surface area contributed by atoms with Gasteiger partial charge in [0.15, 0.2) is 5.82 Å². The Morgan fingerprint density at radius 2 is 1.97 bits per heavy atom. The van der Waals surface area contributed by atoms with Crippen molar-refractivity contribution >= 4 is 40.3 Å². The zero-order chi connectivity index (χ0) is 20.8. The second-order valence-electron chi connectivity index (χ2n) is 8.18. The third-order valence-electron chi connectivity index (χ3n) is 6.23. The largest absolute Gasteiger partial charge is 0.338 e. The molecular formula is C24H28ClN5O. The van der Waals surface area contributed by atoms with E-state index in [0.29, 0.717) is 12.1 Å². The number of aromatic nitrogens is 3. The van der Waals surface area contributed by atoms with Crippen molar-refractivity contribution in [3.8, 4) is 11.5 Å². The first kappa shape index (κ1) is 21.4. The summed E-state index contributed by atoms with van der Waals surface area (Å²) in [4.78, 5) is 19.8. The summed E-state index contributed by atoms with van der Waals surface area (Å²) in [6, 6.07) is 16.5. The van der Waals surface area contributed by atoms with Gasteiger partial charge in [-0.15, -0.1) is 12.4 Å². The summed E-state index contributed by atoms with van der Waals surface area (Å²) in [6.07, 6.45) is 1.95. The highest BCUT2D eigenvalue weighted by atomic mass is 35.5. The fourth-order valence-electron chi connectivity index (χ4n) is 4.67. The number of rotatable bonds is 3. The summed E-state index contributed by atoms with van der Waals surface area (Å²) >= 11 is 0. The monoisotopic (exact) mass is 437 g/mol. The third kappa shape index (κ3) is 3.60. The predicted molar refractivity (Wildman–Crippen MR) is 128 cm³/mol. The van der Waals surface area contributed by atoms with Crippen LogP contribution in [0.1, 0.15) is 30.1 Å². The van der Waals surface area contributed by atoms with Crippen LogP contribution in [0.5, 0.6) is 0 Å². The van der Waals surface area contributed by atoms with E-state index in [9.17, 15) is 4.79 Å². The zero-order valence-electron chi connectivity index (χ0n) is 17.9. The van der Waals surface area contributed by atoms with Crippen LogP contribution in [-0.2, 0) is 13.6 Å². The van der Waals surface area contributed by atoms with Crippen molar-refractivity contribution in [2.45, 2.75) is 32.4 Å². The minimum absolute atomic E-state index is 0. The molecule has 1 saturated heterocycles. The van der Waals surface area contributed by atoms with Gasteiger partial charge in [0.05, 0.1) is 16.7 Å². The van der Waals surface area contributed by atoms with Crippen molar-refractivity contribution in [3.63, 3.8) is 0 Å². The van der Waals surface area contributed by atoms with Gasteiger partial charge in [-0.05, 0) is 50.1 Å². The van der Waals surface area contributed by atoms with Crippen LogP contribution in [0.4, 0.5) is 0 Å². The molecule has 6 nitrogen and oxygen atoms in total. The second-order valence-corrected chi connectivity index (χ2v) is 8.18. The van der Waals surface area contributed by atoms with E-state index in [2.05, 4.69) is 46.4 Å². The molecule has 1 fully saturated rings. The number of aryl methyl sites for hydroxylation is 2. The third-order valence-corrected chi connectivity index (χ3v) is 6.23. The molecule has 0 radical (unpaired) electrons. The smallest absolute Gasteiger partial charge is 0.253 e. The number of para-hydroxylation sites is 1. The Morgan fingerprint density at radius 1 is 1.16 bits per heavy atom. The molecule has 1 amide bonds. The van der Waals surface area contributed by atoms with Crippen LogP contribution in [0.15, 0.2) is 48.5 Å². The SMILES string of the molecule is CCn1c(-c2nc3ccc(C(=O)N4CCCC(N)C4)cc3n2C)cc2ccccc21.Cl. The van der Waals surface area contributed by atoms with Gasteiger partial charge in [0.2, 0.25) is 0 Å². The number of amides is 1. The van der Waals surface area contributed by atoms with E-state index >= 15 is 0 Å². The molecule has 31 heavy (non-hydrogen) atoms. The van der Waals surface area contributed by atoms with Gasteiger partial charge in [-0.25, -0.2) is 4.98 Å². The van der Waals surface area contributed by atoms with Gasteiger partial charge in [0.1, 0.15) is 0 Å². The van der Waals surface area contributed by atoms with Crippen molar-refractivity contribution in [2.24, 2.45) is 12.8 Å². The maximum atomic E-state index is 13.0. The molecule has 2 aromatic heterocycles. The zero-order valence-corrected chi connectivity index (χ0v) is 18.7. The molecule has 1 unspecified atom stereocenters. The summed E-state index contributed by atoms with van der Waals surface area (Å²) in [7, 11) is 2.02. The van der Waals surface area contributed by atoms with Crippen LogP contribution in [-0.4, -0.2) is 44.1 Å². The number of carbonyl (C=O) groups excluding carboxylic acids is 1. The van der Waals surface area contributed by atoms with Gasteiger partial charge < -0.3 is 19.8 Å². The normalized spacial score (nSPS) is 16.6. The minimum atomic E-state index is 0. The molecule has 0 aliphatic carbocycles. The molecule has 0 saturated carbocycles. The summed E-state index contributed by atoms with van der Waals surface area (Å²) < 4.78 is 4.38. The van der Waals surface area contributed by atoms with Crippen LogP contribution < -0.4 is 5.73 Å². The topological polar surface area (TPSA) is 69.1 Å². The highest BCUT2D eigenvalue weighted by molar-refractivity contribution is 5.98. The van der Waals surface area contributed by atoms with Gasteiger partial charge in [-0.1, -0.05) is 18.2 Å². The van der Waals surface area contributed by atoms with Crippen LogP contribution >= 0.6 is 12.4 Å². The van der Waals surface area contributed by atoms with E-state index in [-0.39, 0.29) is 24.4 Å². The van der Waals surface area contributed by atoms with Crippen molar-refractivity contribution < 1.29 is 4.79 Å². The Morgan fingerprint density at radius 3 is 2.74 bits per heavy atom. The van der Waals surface area contributed by atoms with Crippen molar-refractivity contribution in [2.75, 3.05) is 13.1 Å². The molecule has 162 valence electrons. The van der Waals surface area contributed by atoms with E-state index in [4.69, 9.17) is 10.7 Å². The van der Waals surface area contributed by atoms with E-state index < -0.39 is 0 Å². The number of hydrogen-bond acceptors (Lipinski definition) is 3. The Labute approximate surface area is 188 Å². The number of fused-ring (bicyclic) bond motifs is 2. The van der Waals surface area contributed by atoms with Crippen LogP contribution in [0, 0.1) is 0 Å². The summed E-state index contributed by atoms with van der Waals surface area (Å²) in [5.74, 6) is 0.963. The molecule has 1 atom stereocenters. The second kappa shape index (κ2) is 8.36. The molecule has 2 aromatic carbocycles. The van der Waals surface area contributed by atoms with Gasteiger partial charge in [-0.2, -0.15) is 0 Å². The fraction of sp³-hybridized carbons (Fsp3) is 0.333. The number of piperidine rings is 1. The molecule has 4 aromatic rings. The Bertz CT molecular complexity index is 1260. The first-order chi connectivity index (χ1) is 14.6. The number of nitrogens with zero attached hydrogens (tertiary/aromatic N) is 4. The van der Waals surface area contributed by atoms with E-state index in [1.807, 2.05) is 30.1 Å². The highest BCUT2D eigenvalue weighted by Gasteiger charge is 2.23. The van der Waals surface area contributed by atoms with E-state index in [0.717, 1.165) is 48.5 Å². The van der Waals surface area contributed by atoms with Gasteiger partial charge in [-0.3, -0.25) is 4.79 Å². The highest BCUT2D eigenvalue weighted by Crippen LogP contribution is 2.30. The lowest BCUT2D eigenvalue weighted by molar-refractivity contribution is 0.0709. The van der Waals surface area contributed by atoms with Crippen LogP contribution in [0.3, 0.4) is 0 Å². The van der Waals surface area contributed by atoms with Crippen LogP contribution in [0.2, 0.25) is 0 Å². The first-order valence-corrected chi connectivity index (χ1v) is 10.7. The van der Waals surface area contributed by atoms with Crippen molar-refractivity contribution in [1.29, 1.82) is 0 Å². The summed E-state index contributed by atoms with van der Waals surface area (Å²) in [5.41, 5.74) is 10.9. The lowest BCUT2D eigenvalue weighted by Gasteiger charge is -2.30. The molecular weight excluding hydrogens is 410 g/mol. The van der Waals surface area contributed by atoms with Gasteiger partial charge >= 0.3 is 0 Å². The average molecular weight is 438 g/mol. The number of imidazole rings is 1. The fourth-order valence-corrected chi connectivity index (χ4v) is 4.67. The van der Waals surface area contributed by atoms with Crippen LogP contribution in [0.25, 0.3) is 33.5 Å². The van der Waals surface area contributed by atoms with Crippen molar-refractivity contribution in [3.05, 3.63) is 54.1 Å². The number of nitrogens with two attached hydrogens (primary N) is 1. The Kier molecular flexibility index (Phi) is 5.77. The average Bonchev–Trinajstić information content (AvgIpc) is 3.30. The molecule has 3 heterocycles. The Hall–Kier alpha value is -2.83. The van der Waals surface area contributed by atoms with Gasteiger partial charge in [0.25, 0.3) is 5.91 Å². The maximum absolute atomic E-state index is 13.0. The van der Waals surface area contributed by atoms with E-state index in [1.165, 1.54) is 10.9 Å². The predicted octanol–water partition coefficient (Wildman–Crippen LogP) is 4.20. The minimum Gasteiger partial charge on any atom is -0.338 e. The maximum Gasteiger partial charge on any atom is 0.253 e. The molecule has 1 aliphatic rings. The number of halogens is 1. The summed E-state index contributed by atoms with van der Waals surface area (Å²) in [6.45, 7) is 4.42. The molecule has 0 bridgehead atoms. The Balaban J connectivity index is 0.00000231. The standard InChI is InChI=1S/C24H27N5O.ClH/c1-3-29-20-9-5-4-7-16(20)13-22(29)23-26-19-11-10-17(14-21(19)27(23)2)24(30)28-12-6-8-18(25)15-28;/h4-5,7,9-11,13-14,18H,3,6,8,12,15,25H2,1-2H3;1H. The molecule has 7 heteroatoms. The number of carbonyl (C=O) groups is 1. The first-order valence-electron chi connectivity index (χ1n) is 10.7. The molecule has 0 spiro atoms. The number of likely N-dealkylation sites (tertiary alicyclic amines) is 1. The molecule has 2 N–H and O–H groups in total. The van der Waals surface area contributed by atoms with E-state index in [1.54, 1.807) is 0 Å². The van der Waals surface area contributed by atoms with Gasteiger partial charge in [0, 0.05) is 49.2 Å². The van der Waals surface area contributed by atoms with Crippen molar-refractivity contribution in [1.82, 2.24) is 19.0 Å². The molecule has 5 rings (SSSR count). The number of benzene rings is 2. The summed E-state index contributed by atoms with van der Waals surface area (Å²) in [5, 5.41) is 1.21.